The molecule has 0 spiro atoms. The largest absolute Gasteiger partial charge is 0.508 e. The molecule has 0 bridgehead atoms. The third-order valence-electron chi connectivity index (χ3n) is 3.28. The van der Waals surface area contributed by atoms with Crippen LogP contribution in [-0.4, -0.2) is 18.8 Å². The summed E-state index contributed by atoms with van der Waals surface area (Å²) in [6, 6.07) is 11.5. The van der Waals surface area contributed by atoms with E-state index in [0.717, 1.165) is 16.3 Å². The van der Waals surface area contributed by atoms with E-state index in [-0.39, 0.29) is 5.75 Å². The van der Waals surface area contributed by atoms with Crippen molar-refractivity contribution in [1.29, 1.82) is 0 Å². The molecule has 0 heterocycles. The Morgan fingerprint density at radius 1 is 1.24 bits per heavy atom. The zero-order valence-corrected chi connectivity index (χ0v) is 10.1. The van der Waals surface area contributed by atoms with Gasteiger partial charge in [0.15, 0.2) is 0 Å². The Bertz CT molecular complexity index is 533. The maximum atomic E-state index is 10.1. The van der Waals surface area contributed by atoms with Gasteiger partial charge in [0.25, 0.3) is 0 Å². The van der Waals surface area contributed by atoms with Gasteiger partial charge in [0.1, 0.15) is 11.4 Å². The van der Waals surface area contributed by atoms with E-state index in [1.807, 2.05) is 37.3 Å². The summed E-state index contributed by atoms with van der Waals surface area (Å²) in [4.78, 5) is 0. The highest BCUT2D eigenvalue weighted by Crippen LogP contribution is 2.37. The van der Waals surface area contributed by atoms with Crippen LogP contribution in [0.4, 0.5) is 0 Å². The molecule has 1 unspecified atom stereocenters. The molecule has 0 aliphatic rings. The van der Waals surface area contributed by atoms with E-state index in [9.17, 15) is 5.11 Å². The Kier molecular flexibility index (Phi) is 3.05. The smallest absolute Gasteiger partial charge is 0.122 e. The molecule has 2 rings (SSSR count). The number of rotatable bonds is 3. The molecule has 2 aromatic carbocycles. The Hall–Kier alpha value is -1.58. The lowest BCUT2D eigenvalue weighted by atomic mass is 9.90. The molecule has 0 saturated carbocycles. The maximum absolute atomic E-state index is 10.1. The van der Waals surface area contributed by atoms with Crippen LogP contribution in [0.2, 0.25) is 0 Å². The molecule has 90 valence electrons. The highest BCUT2D eigenvalue weighted by atomic mass is 16.5. The summed E-state index contributed by atoms with van der Waals surface area (Å²) in [5.74, 6) is 0.221. The summed E-state index contributed by atoms with van der Waals surface area (Å²) in [6.07, 6.45) is 0. The van der Waals surface area contributed by atoms with Gasteiger partial charge in [-0.1, -0.05) is 30.3 Å². The highest BCUT2D eigenvalue weighted by molar-refractivity contribution is 5.88. The number of benzene rings is 2. The third kappa shape index (κ3) is 1.88. The van der Waals surface area contributed by atoms with E-state index < -0.39 is 5.60 Å². The van der Waals surface area contributed by atoms with E-state index in [1.54, 1.807) is 13.2 Å². The molecule has 1 atom stereocenters. The predicted octanol–water partition coefficient (Wildman–Crippen LogP) is 2.37. The molecule has 0 saturated heterocycles. The van der Waals surface area contributed by atoms with E-state index in [1.165, 1.54) is 0 Å². The Morgan fingerprint density at radius 3 is 2.59 bits per heavy atom. The molecule has 3 nitrogen and oxygen atoms in total. The first-order chi connectivity index (χ1) is 8.12. The minimum Gasteiger partial charge on any atom is -0.508 e. The van der Waals surface area contributed by atoms with Crippen LogP contribution in [0.1, 0.15) is 12.5 Å². The summed E-state index contributed by atoms with van der Waals surface area (Å²) in [7, 11) is 1.61. The monoisotopic (exact) mass is 231 g/mol. The number of phenols is 1. The summed E-state index contributed by atoms with van der Waals surface area (Å²) < 4.78 is 5.48. The number of aromatic hydroxyl groups is 1. The molecule has 0 aromatic heterocycles. The van der Waals surface area contributed by atoms with Crippen LogP contribution >= 0.6 is 0 Å². The third-order valence-corrected chi connectivity index (χ3v) is 3.28. The van der Waals surface area contributed by atoms with Crippen LogP contribution in [0.25, 0.3) is 10.8 Å². The van der Waals surface area contributed by atoms with E-state index in [2.05, 4.69) is 0 Å². The summed E-state index contributed by atoms with van der Waals surface area (Å²) >= 11 is 0. The first kappa shape index (κ1) is 11.9. The fourth-order valence-electron chi connectivity index (χ4n) is 2.10. The maximum Gasteiger partial charge on any atom is 0.122 e. The van der Waals surface area contributed by atoms with Gasteiger partial charge < -0.3 is 15.6 Å². The highest BCUT2D eigenvalue weighted by Gasteiger charge is 2.29. The molecular formula is C14H17NO2. The number of methoxy groups -OCH3 is 1. The first-order valence-corrected chi connectivity index (χ1v) is 5.59. The number of fused-ring (bicyclic) bond motifs is 1. The van der Waals surface area contributed by atoms with Crippen molar-refractivity contribution < 1.29 is 9.84 Å². The lowest BCUT2D eigenvalue weighted by molar-refractivity contribution is 0.00959. The average Bonchev–Trinajstić information content (AvgIpc) is 2.38. The lowest BCUT2D eigenvalue weighted by Crippen LogP contribution is -2.34. The number of hydrogen-bond acceptors (Lipinski definition) is 3. The molecule has 0 aliphatic carbocycles. The van der Waals surface area contributed by atoms with Crippen molar-refractivity contribution in [1.82, 2.24) is 0 Å². The molecule has 3 heteroatoms. The predicted molar refractivity (Wildman–Crippen MR) is 69.0 cm³/mol. The molecule has 17 heavy (non-hydrogen) atoms. The number of nitrogens with two attached hydrogens (primary N) is 1. The molecule has 3 N–H and O–H groups in total. The second-order valence-corrected chi connectivity index (χ2v) is 4.32. The van der Waals surface area contributed by atoms with Crippen LogP contribution in [0.15, 0.2) is 36.4 Å². The zero-order valence-electron chi connectivity index (χ0n) is 10.1. The summed E-state index contributed by atoms with van der Waals surface area (Å²) in [5.41, 5.74) is 5.85. The first-order valence-electron chi connectivity index (χ1n) is 5.59. The molecule has 0 fully saturated rings. The number of phenolic OH excluding ortho intramolecular Hbond substituents is 1. The molecule has 0 radical (unpaired) electrons. The van der Waals surface area contributed by atoms with Crippen molar-refractivity contribution >= 4 is 10.8 Å². The molecule has 0 aliphatic heterocycles. The van der Waals surface area contributed by atoms with Gasteiger partial charge in [-0.15, -0.1) is 0 Å². The summed E-state index contributed by atoms with van der Waals surface area (Å²) in [5, 5.41) is 12.1. The van der Waals surface area contributed by atoms with Gasteiger partial charge in [-0.05, 0) is 23.8 Å². The Labute approximate surface area is 101 Å². The van der Waals surface area contributed by atoms with Crippen molar-refractivity contribution in [2.45, 2.75) is 12.5 Å². The van der Waals surface area contributed by atoms with Crippen molar-refractivity contribution in [2.24, 2.45) is 5.73 Å². The van der Waals surface area contributed by atoms with Crippen LogP contribution < -0.4 is 5.73 Å². The van der Waals surface area contributed by atoms with E-state index in [4.69, 9.17) is 10.5 Å². The fraction of sp³-hybridized carbons (Fsp3) is 0.286. The molecular weight excluding hydrogens is 214 g/mol. The van der Waals surface area contributed by atoms with Crippen LogP contribution in [0.3, 0.4) is 0 Å². The Morgan fingerprint density at radius 2 is 1.94 bits per heavy atom. The van der Waals surface area contributed by atoms with Gasteiger partial charge in [0.2, 0.25) is 0 Å². The molecule has 2 aromatic rings. The van der Waals surface area contributed by atoms with Gasteiger partial charge in [-0.25, -0.2) is 0 Å². The summed E-state index contributed by atoms with van der Waals surface area (Å²) in [6.45, 7) is 2.19. The van der Waals surface area contributed by atoms with Crippen LogP contribution in [0, 0.1) is 0 Å². The minimum atomic E-state index is -0.676. The standard InChI is InChI=1S/C14H17NO2/c1-14(9-15,17-2)13-11-6-4-3-5-10(11)7-8-12(13)16/h3-8,16H,9,15H2,1-2H3. The second-order valence-electron chi connectivity index (χ2n) is 4.32. The number of ether oxygens (including phenoxy) is 1. The SMILES string of the molecule is COC(C)(CN)c1c(O)ccc2ccccc12. The Balaban J connectivity index is 2.79. The topological polar surface area (TPSA) is 55.5 Å². The van der Waals surface area contributed by atoms with Gasteiger partial charge in [-0.3, -0.25) is 0 Å². The van der Waals surface area contributed by atoms with Crippen molar-refractivity contribution in [2.75, 3.05) is 13.7 Å². The van der Waals surface area contributed by atoms with Gasteiger partial charge in [-0.2, -0.15) is 0 Å². The molecule has 0 amide bonds. The fourth-order valence-corrected chi connectivity index (χ4v) is 2.10. The second kappa shape index (κ2) is 4.35. The normalized spacial score (nSPS) is 14.8. The zero-order chi connectivity index (χ0) is 12.5. The average molecular weight is 231 g/mol. The van der Waals surface area contributed by atoms with Crippen LogP contribution in [-0.2, 0) is 10.3 Å². The quantitative estimate of drug-likeness (QED) is 0.852. The van der Waals surface area contributed by atoms with E-state index >= 15 is 0 Å². The van der Waals surface area contributed by atoms with Crippen LogP contribution in [0.5, 0.6) is 5.75 Å². The number of hydrogen-bond donors (Lipinski definition) is 2. The van der Waals surface area contributed by atoms with E-state index in [0.29, 0.717) is 6.54 Å². The minimum absolute atomic E-state index is 0.221. The van der Waals surface area contributed by atoms with Gasteiger partial charge >= 0.3 is 0 Å². The van der Waals surface area contributed by atoms with Crippen molar-refractivity contribution in [3.8, 4) is 5.75 Å². The lowest BCUT2D eigenvalue weighted by Gasteiger charge is -2.29. The van der Waals surface area contributed by atoms with Crippen molar-refractivity contribution in [3.05, 3.63) is 42.0 Å². The van der Waals surface area contributed by atoms with Crippen molar-refractivity contribution in [3.63, 3.8) is 0 Å². The van der Waals surface area contributed by atoms with Gasteiger partial charge in [0, 0.05) is 19.2 Å². The van der Waals surface area contributed by atoms with Gasteiger partial charge in [0.05, 0.1) is 0 Å².